The Hall–Kier alpha value is -1.71. The second-order valence-corrected chi connectivity index (χ2v) is 5.85. The summed E-state index contributed by atoms with van der Waals surface area (Å²) in [5, 5.41) is 8.27. The van der Waals surface area contributed by atoms with Crippen LogP contribution >= 0.6 is 11.3 Å². The van der Waals surface area contributed by atoms with Crippen molar-refractivity contribution in [2.75, 3.05) is 6.54 Å². The van der Waals surface area contributed by atoms with Crippen molar-refractivity contribution < 1.29 is 0 Å². The monoisotopic (exact) mass is 282 g/mol. The molecule has 3 heteroatoms. The third kappa shape index (κ3) is 2.35. The van der Waals surface area contributed by atoms with Crippen LogP contribution < -0.4 is 5.32 Å². The van der Waals surface area contributed by atoms with Crippen LogP contribution in [0.3, 0.4) is 0 Å². The number of hydrogen-bond acceptors (Lipinski definition) is 3. The van der Waals surface area contributed by atoms with Gasteiger partial charge in [-0.3, -0.25) is 4.98 Å². The second-order valence-electron chi connectivity index (χ2n) is 4.90. The summed E-state index contributed by atoms with van der Waals surface area (Å²) in [6.07, 6.45) is 3.80. The van der Waals surface area contributed by atoms with Gasteiger partial charge in [-0.2, -0.15) is 0 Å². The minimum atomic E-state index is 0.256. The first-order valence-corrected chi connectivity index (χ1v) is 7.79. The van der Waals surface area contributed by atoms with Crippen LogP contribution in [0.15, 0.2) is 48.1 Å². The van der Waals surface area contributed by atoms with Crippen molar-refractivity contribution in [1.29, 1.82) is 0 Å². The van der Waals surface area contributed by atoms with Gasteiger partial charge in [0, 0.05) is 22.7 Å². The van der Waals surface area contributed by atoms with Gasteiger partial charge in [-0.05, 0) is 47.5 Å². The summed E-state index contributed by atoms with van der Waals surface area (Å²) in [5.41, 5.74) is 2.68. The number of aryl methyl sites for hydroxylation is 1. The molecule has 1 unspecified atom stereocenters. The summed E-state index contributed by atoms with van der Waals surface area (Å²) < 4.78 is 0. The van der Waals surface area contributed by atoms with Crippen molar-refractivity contribution in [3.8, 4) is 0 Å². The molecule has 0 aliphatic carbocycles. The first kappa shape index (κ1) is 13.3. The highest BCUT2D eigenvalue weighted by Crippen LogP contribution is 2.33. The van der Waals surface area contributed by atoms with Crippen molar-refractivity contribution in [3.63, 3.8) is 0 Å². The molecule has 2 nitrogen and oxygen atoms in total. The van der Waals surface area contributed by atoms with Crippen LogP contribution in [-0.2, 0) is 0 Å². The molecule has 0 amide bonds. The quantitative estimate of drug-likeness (QED) is 0.771. The van der Waals surface area contributed by atoms with E-state index in [1.807, 2.05) is 23.7 Å². The lowest BCUT2D eigenvalue weighted by Crippen LogP contribution is -2.22. The molecule has 0 spiro atoms. The average molecular weight is 282 g/mol. The molecule has 0 saturated heterocycles. The summed E-state index contributed by atoms with van der Waals surface area (Å²) >= 11 is 1.82. The van der Waals surface area contributed by atoms with Crippen molar-refractivity contribution in [1.82, 2.24) is 10.3 Å². The van der Waals surface area contributed by atoms with E-state index in [1.54, 1.807) is 0 Å². The molecule has 102 valence electrons. The van der Waals surface area contributed by atoms with E-state index < -0.39 is 0 Å². The fraction of sp³-hybridized carbons (Fsp3) is 0.235. The zero-order valence-corrected chi connectivity index (χ0v) is 12.6. The van der Waals surface area contributed by atoms with E-state index in [0.717, 1.165) is 6.54 Å². The number of aromatic nitrogens is 1. The summed E-state index contributed by atoms with van der Waals surface area (Å²) in [5.74, 6) is 0. The highest BCUT2D eigenvalue weighted by Gasteiger charge is 2.18. The molecule has 1 atom stereocenters. The van der Waals surface area contributed by atoms with E-state index in [0.29, 0.717) is 0 Å². The third-order valence-corrected chi connectivity index (χ3v) is 4.68. The van der Waals surface area contributed by atoms with E-state index in [1.165, 1.54) is 26.8 Å². The maximum atomic E-state index is 4.22. The molecule has 0 fully saturated rings. The minimum Gasteiger partial charge on any atom is -0.306 e. The van der Waals surface area contributed by atoms with Gasteiger partial charge in [0.25, 0.3) is 0 Å². The van der Waals surface area contributed by atoms with Crippen molar-refractivity contribution in [2.24, 2.45) is 0 Å². The molecule has 1 N–H and O–H groups in total. The molecule has 1 aromatic carbocycles. The van der Waals surface area contributed by atoms with E-state index in [4.69, 9.17) is 0 Å². The molecular formula is C17H18N2S. The lowest BCUT2D eigenvalue weighted by Gasteiger charge is -2.20. The predicted octanol–water partition coefficient (Wildman–Crippen LogP) is 4.30. The van der Waals surface area contributed by atoms with E-state index in [-0.39, 0.29) is 6.04 Å². The SMILES string of the molecule is CCNC(c1sccc1C)c1cccc2cnccc12. The van der Waals surface area contributed by atoms with Crippen LogP contribution in [0.5, 0.6) is 0 Å². The number of thiophene rings is 1. The van der Waals surface area contributed by atoms with Crippen LogP contribution in [-0.4, -0.2) is 11.5 Å². The molecule has 0 aliphatic heterocycles. The molecule has 2 aromatic heterocycles. The number of hydrogen-bond donors (Lipinski definition) is 1. The van der Waals surface area contributed by atoms with Crippen LogP contribution in [0.25, 0.3) is 10.8 Å². The minimum absolute atomic E-state index is 0.256. The largest absolute Gasteiger partial charge is 0.306 e. The van der Waals surface area contributed by atoms with Crippen molar-refractivity contribution >= 4 is 22.1 Å². The molecule has 3 aromatic rings. The molecule has 20 heavy (non-hydrogen) atoms. The third-order valence-electron chi connectivity index (χ3n) is 3.60. The van der Waals surface area contributed by atoms with Crippen LogP contribution in [0.2, 0.25) is 0 Å². The van der Waals surface area contributed by atoms with Gasteiger partial charge in [-0.15, -0.1) is 11.3 Å². The Labute approximate surface area is 123 Å². The zero-order valence-electron chi connectivity index (χ0n) is 11.8. The van der Waals surface area contributed by atoms with Crippen molar-refractivity contribution in [2.45, 2.75) is 19.9 Å². The van der Waals surface area contributed by atoms with Gasteiger partial charge in [-0.25, -0.2) is 0 Å². The number of nitrogens with zero attached hydrogens (tertiary/aromatic N) is 1. The van der Waals surface area contributed by atoms with Gasteiger partial charge in [0.15, 0.2) is 0 Å². The Morgan fingerprint density at radius 3 is 2.90 bits per heavy atom. The lowest BCUT2D eigenvalue weighted by atomic mass is 9.97. The zero-order chi connectivity index (χ0) is 13.9. The summed E-state index contributed by atoms with van der Waals surface area (Å²) in [6.45, 7) is 5.29. The van der Waals surface area contributed by atoms with Crippen LogP contribution in [0.1, 0.15) is 29.0 Å². The highest BCUT2D eigenvalue weighted by atomic mass is 32.1. The standard InChI is InChI=1S/C17H18N2S/c1-3-19-16(17-12(2)8-10-20-17)15-6-4-5-13-11-18-9-7-14(13)15/h4-11,16,19H,3H2,1-2H3. The van der Waals surface area contributed by atoms with Gasteiger partial charge in [0.1, 0.15) is 0 Å². The molecule has 0 saturated carbocycles. The van der Waals surface area contributed by atoms with E-state index in [9.17, 15) is 0 Å². The smallest absolute Gasteiger partial charge is 0.0679 e. The fourth-order valence-corrected chi connectivity index (χ4v) is 3.65. The van der Waals surface area contributed by atoms with Gasteiger partial charge in [-0.1, -0.05) is 25.1 Å². The van der Waals surface area contributed by atoms with E-state index >= 15 is 0 Å². The van der Waals surface area contributed by atoms with Gasteiger partial charge < -0.3 is 5.32 Å². The molecule has 0 aliphatic rings. The van der Waals surface area contributed by atoms with Gasteiger partial charge >= 0.3 is 0 Å². The summed E-state index contributed by atoms with van der Waals surface area (Å²) in [7, 11) is 0. The molecule has 3 rings (SSSR count). The Bertz CT molecular complexity index is 712. The number of fused-ring (bicyclic) bond motifs is 1. The van der Waals surface area contributed by atoms with Gasteiger partial charge in [0.2, 0.25) is 0 Å². The normalized spacial score (nSPS) is 12.7. The van der Waals surface area contributed by atoms with E-state index in [2.05, 4.69) is 59.9 Å². The number of pyridine rings is 1. The first-order chi connectivity index (χ1) is 9.81. The highest BCUT2D eigenvalue weighted by molar-refractivity contribution is 7.10. The summed E-state index contributed by atoms with van der Waals surface area (Å²) in [4.78, 5) is 5.62. The van der Waals surface area contributed by atoms with Crippen LogP contribution in [0.4, 0.5) is 0 Å². The Morgan fingerprint density at radius 1 is 1.25 bits per heavy atom. The number of rotatable bonds is 4. The molecule has 0 radical (unpaired) electrons. The Balaban J connectivity index is 2.17. The maximum Gasteiger partial charge on any atom is 0.0679 e. The maximum absolute atomic E-state index is 4.22. The first-order valence-electron chi connectivity index (χ1n) is 6.91. The Kier molecular flexibility index (Phi) is 3.81. The van der Waals surface area contributed by atoms with Crippen LogP contribution in [0, 0.1) is 6.92 Å². The van der Waals surface area contributed by atoms with Crippen molar-refractivity contribution in [3.05, 3.63) is 64.1 Å². The topological polar surface area (TPSA) is 24.9 Å². The molecule has 0 bridgehead atoms. The number of benzene rings is 1. The average Bonchev–Trinajstić information content (AvgIpc) is 2.90. The number of nitrogens with one attached hydrogen (secondary N) is 1. The summed E-state index contributed by atoms with van der Waals surface area (Å²) in [6, 6.07) is 11.0. The molecular weight excluding hydrogens is 264 g/mol. The Morgan fingerprint density at radius 2 is 2.15 bits per heavy atom. The molecule has 2 heterocycles. The lowest BCUT2D eigenvalue weighted by molar-refractivity contribution is 0.641. The predicted molar refractivity (Wildman–Crippen MR) is 86.3 cm³/mol. The van der Waals surface area contributed by atoms with Gasteiger partial charge in [0.05, 0.1) is 6.04 Å². The second kappa shape index (κ2) is 5.73. The fourth-order valence-electron chi connectivity index (χ4n) is 2.63.